The van der Waals surface area contributed by atoms with Crippen molar-refractivity contribution in [3.05, 3.63) is 73.1 Å². The maximum absolute atomic E-state index is 4.65. The quantitative estimate of drug-likeness (QED) is 0.578. The average Bonchev–Trinajstić information content (AvgIpc) is 2.69. The van der Waals surface area contributed by atoms with E-state index in [-0.39, 0.29) is 0 Å². The summed E-state index contributed by atoms with van der Waals surface area (Å²) in [6.07, 6.45) is 3.06. The molecular weight excluding hydrogens is 300 g/mol. The first-order chi connectivity index (χ1) is 11.9. The molecule has 0 unspecified atom stereocenters. The summed E-state index contributed by atoms with van der Waals surface area (Å²) in [5.74, 6) is 0.698. The number of hydrogen-bond acceptors (Lipinski definition) is 6. The van der Waals surface area contributed by atoms with E-state index < -0.39 is 0 Å². The summed E-state index contributed by atoms with van der Waals surface area (Å²) < 4.78 is 0. The Hall–Kier alpha value is -3.54. The third-order valence-corrected chi connectivity index (χ3v) is 3.46. The minimum atomic E-state index is 0.349. The first-order valence-electron chi connectivity index (χ1n) is 7.41. The lowest BCUT2D eigenvalue weighted by Gasteiger charge is -2.08. The minimum absolute atomic E-state index is 0.349. The Morgan fingerprint density at radius 1 is 0.542 bits per heavy atom. The first-order valence-corrected chi connectivity index (χ1v) is 7.41. The van der Waals surface area contributed by atoms with Crippen molar-refractivity contribution in [2.75, 3.05) is 0 Å². The molecule has 0 bridgehead atoms. The molecule has 2 aromatic heterocycles. The summed E-state index contributed by atoms with van der Waals surface area (Å²) in [7, 11) is 0. The van der Waals surface area contributed by atoms with Gasteiger partial charge in [0.25, 0.3) is 0 Å². The van der Waals surface area contributed by atoms with E-state index in [9.17, 15) is 0 Å². The van der Waals surface area contributed by atoms with Gasteiger partial charge in [-0.25, -0.2) is 9.97 Å². The summed E-state index contributed by atoms with van der Waals surface area (Å²) in [6.45, 7) is 0. The lowest BCUT2D eigenvalue weighted by Crippen LogP contribution is -2.02. The van der Waals surface area contributed by atoms with Gasteiger partial charge in [-0.3, -0.25) is 0 Å². The second-order valence-corrected chi connectivity index (χ2v) is 5.03. The van der Waals surface area contributed by atoms with Crippen molar-refractivity contribution in [2.24, 2.45) is 0 Å². The fourth-order valence-corrected chi connectivity index (χ4v) is 2.36. The van der Waals surface area contributed by atoms with E-state index in [1.807, 2.05) is 60.7 Å². The predicted octanol–water partition coefficient (Wildman–Crippen LogP) is 3.06. The van der Waals surface area contributed by atoms with Crippen LogP contribution in [0, 0.1) is 0 Å². The van der Waals surface area contributed by atoms with Crippen molar-refractivity contribution in [2.45, 2.75) is 0 Å². The molecule has 2 aromatic carbocycles. The Bertz CT molecular complexity index is 943. The molecular formula is C18H12N6. The van der Waals surface area contributed by atoms with E-state index in [1.165, 1.54) is 6.20 Å². The van der Waals surface area contributed by atoms with Crippen molar-refractivity contribution >= 4 is 0 Å². The Morgan fingerprint density at radius 3 is 1.83 bits per heavy atom. The van der Waals surface area contributed by atoms with Gasteiger partial charge in [-0.1, -0.05) is 60.7 Å². The van der Waals surface area contributed by atoms with E-state index in [1.54, 1.807) is 6.20 Å². The van der Waals surface area contributed by atoms with E-state index in [0.717, 1.165) is 22.5 Å². The summed E-state index contributed by atoms with van der Waals surface area (Å²) in [6, 6.07) is 19.7. The highest BCUT2D eigenvalue weighted by Gasteiger charge is 2.15. The standard InChI is InChI=1S/C18H12N6/c1-3-7-13(8-4-1)15-16(14-9-5-2-6-10-14)22-24-18(21-15)17-19-11-12-20-23-17/h1-12H. The third kappa shape index (κ3) is 2.72. The highest BCUT2D eigenvalue weighted by atomic mass is 15.2. The average molecular weight is 312 g/mol. The first kappa shape index (κ1) is 14.1. The van der Waals surface area contributed by atoms with Gasteiger partial charge in [-0.15, -0.1) is 15.3 Å². The molecule has 0 aliphatic heterocycles. The largest absolute Gasteiger partial charge is 0.231 e. The fraction of sp³-hybridized carbons (Fsp3) is 0. The highest BCUT2D eigenvalue weighted by molar-refractivity contribution is 5.78. The molecule has 0 aliphatic rings. The number of nitrogens with zero attached hydrogens (tertiary/aromatic N) is 6. The molecule has 4 rings (SSSR count). The molecule has 0 saturated heterocycles. The van der Waals surface area contributed by atoms with Gasteiger partial charge in [-0.05, 0) is 0 Å². The van der Waals surface area contributed by atoms with Gasteiger partial charge in [0.2, 0.25) is 11.6 Å². The van der Waals surface area contributed by atoms with Gasteiger partial charge in [0.15, 0.2) is 0 Å². The SMILES string of the molecule is c1ccc(-c2nnc(-c3nccnn3)nc2-c2ccccc2)cc1. The topological polar surface area (TPSA) is 77.3 Å². The molecule has 6 nitrogen and oxygen atoms in total. The molecule has 4 aromatic rings. The molecule has 114 valence electrons. The van der Waals surface area contributed by atoms with Crippen molar-refractivity contribution in [1.29, 1.82) is 0 Å². The van der Waals surface area contributed by atoms with Crippen LogP contribution < -0.4 is 0 Å². The van der Waals surface area contributed by atoms with Crippen LogP contribution in [-0.4, -0.2) is 30.4 Å². The molecule has 0 atom stereocenters. The number of benzene rings is 2. The second-order valence-electron chi connectivity index (χ2n) is 5.03. The van der Waals surface area contributed by atoms with Crippen LogP contribution >= 0.6 is 0 Å². The summed E-state index contributed by atoms with van der Waals surface area (Å²) >= 11 is 0. The Morgan fingerprint density at radius 2 is 1.21 bits per heavy atom. The summed E-state index contributed by atoms with van der Waals surface area (Å²) in [4.78, 5) is 8.80. The second kappa shape index (κ2) is 6.29. The normalized spacial score (nSPS) is 10.5. The van der Waals surface area contributed by atoms with E-state index >= 15 is 0 Å². The predicted molar refractivity (Wildman–Crippen MR) is 89.5 cm³/mol. The van der Waals surface area contributed by atoms with E-state index in [2.05, 4.69) is 30.4 Å². The monoisotopic (exact) mass is 312 g/mol. The van der Waals surface area contributed by atoms with Crippen LogP contribution in [-0.2, 0) is 0 Å². The molecule has 0 saturated carbocycles. The molecule has 0 radical (unpaired) electrons. The van der Waals surface area contributed by atoms with Gasteiger partial charge >= 0.3 is 0 Å². The van der Waals surface area contributed by atoms with Crippen LogP contribution in [0.2, 0.25) is 0 Å². The zero-order chi connectivity index (χ0) is 16.2. The van der Waals surface area contributed by atoms with Crippen molar-refractivity contribution in [3.8, 4) is 34.2 Å². The van der Waals surface area contributed by atoms with Gasteiger partial charge in [0.05, 0.1) is 6.20 Å². The molecule has 0 fully saturated rings. The van der Waals surface area contributed by atoms with Gasteiger partial charge < -0.3 is 0 Å². The fourth-order valence-electron chi connectivity index (χ4n) is 2.36. The zero-order valence-corrected chi connectivity index (χ0v) is 12.6. The minimum Gasteiger partial charge on any atom is -0.231 e. The maximum atomic E-state index is 4.65. The van der Waals surface area contributed by atoms with Crippen LogP contribution in [0.1, 0.15) is 0 Å². The lowest BCUT2D eigenvalue weighted by atomic mass is 10.0. The van der Waals surface area contributed by atoms with Crippen LogP contribution in [0.25, 0.3) is 34.2 Å². The zero-order valence-electron chi connectivity index (χ0n) is 12.6. The smallest absolute Gasteiger partial charge is 0.222 e. The lowest BCUT2D eigenvalue weighted by molar-refractivity contribution is 0.918. The Labute approximate surface area is 138 Å². The molecule has 0 amide bonds. The summed E-state index contributed by atoms with van der Waals surface area (Å²) in [5.41, 5.74) is 3.36. The van der Waals surface area contributed by atoms with Gasteiger partial charge in [0, 0.05) is 17.3 Å². The van der Waals surface area contributed by atoms with Crippen LogP contribution in [0.3, 0.4) is 0 Å². The molecule has 2 heterocycles. The van der Waals surface area contributed by atoms with Gasteiger partial charge in [-0.2, -0.15) is 5.10 Å². The van der Waals surface area contributed by atoms with Crippen molar-refractivity contribution < 1.29 is 0 Å². The number of aromatic nitrogens is 6. The van der Waals surface area contributed by atoms with Crippen LogP contribution in [0.15, 0.2) is 73.1 Å². The molecule has 6 heteroatoms. The van der Waals surface area contributed by atoms with Crippen molar-refractivity contribution in [3.63, 3.8) is 0 Å². The van der Waals surface area contributed by atoms with Gasteiger partial charge in [0.1, 0.15) is 11.4 Å². The Kier molecular flexibility index (Phi) is 3.69. The molecule has 0 N–H and O–H groups in total. The molecule has 24 heavy (non-hydrogen) atoms. The highest BCUT2D eigenvalue weighted by Crippen LogP contribution is 2.28. The number of hydrogen-bond donors (Lipinski definition) is 0. The summed E-state index contributed by atoms with van der Waals surface area (Å²) in [5, 5.41) is 16.4. The van der Waals surface area contributed by atoms with E-state index in [4.69, 9.17) is 0 Å². The van der Waals surface area contributed by atoms with Crippen molar-refractivity contribution in [1.82, 2.24) is 30.4 Å². The molecule has 0 spiro atoms. The van der Waals surface area contributed by atoms with Crippen LogP contribution in [0.4, 0.5) is 0 Å². The Balaban J connectivity index is 1.92. The third-order valence-electron chi connectivity index (χ3n) is 3.46. The maximum Gasteiger partial charge on any atom is 0.222 e. The van der Waals surface area contributed by atoms with E-state index in [0.29, 0.717) is 11.6 Å². The molecule has 0 aliphatic carbocycles. The number of rotatable bonds is 3. The van der Waals surface area contributed by atoms with Crippen LogP contribution in [0.5, 0.6) is 0 Å².